The van der Waals surface area contributed by atoms with Crippen molar-refractivity contribution in [3.05, 3.63) is 0 Å². The number of likely N-dealkylation sites (N-methyl/N-ethyl adjacent to an activating group) is 1. The topological polar surface area (TPSA) is 81.7 Å². The van der Waals surface area contributed by atoms with E-state index in [1.54, 1.807) is 7.05 Å². The number of hydrogen-bond donors (Lipinski definition) is 3. The van der Waals surface area contributed by atoms with Crippen LogP contribution < -0.4 is 10.6 Å². The Balaban J connectivity index is 4.47. The van der Waals surface area contributed by atoms with Gasteiger partial charge in [0.25, 0.3) is 0 Å². The molecule has 1 atom stereocenters. The van der Waals surface area contributed by atoms with Crippen molar-refractivity contribution in [2.75, 3.05) is 26.7 Å². The molecule has 0 rings (SSSR count). The third kappa shape index (κ3) is 4.93. The normalized spacial score (nSPS) is 14.9. The molecule has 0 bridgehead atoms. The second-order valence-corrected chi connectivity index (χ2v) is 4.20. The number of hydrogen-bond acceptors (Lipinski definition) is 3. The molecule has 2 amide bonds. The lowest BCUT2D eigenvalue weighted by molar-refractivity contribution is -0.203. The van der Waals surface area contributed by atoms with Crippen LogP contribution in [-0.4, -0.2) is 60.4 Å². The summed E-state index contributed by atoms with van der Waals surface area (Å²) in [6.45, 7) is 3.56. The molecule has 1 unspecified atom stereocenters. The largest absolute Gasteiger partial charge is 0.479 e. The Morgan fingerprint density at radius 2 is 1.84 bits per heavy atom. The third-order valence-corrected chi connectivity index (χ3v) is 2.68. The van der Waals surface area contributed by atoms with Crippen molar-refractivity contribution < 1.29 is 27.9 Å². The molecule has 0 aliphatic heterocycles. The van der Waals surface area contributed by atoms with Gasteiger partial charge < -0.3 is 20.6 Å². The fourth-order valence-electron chi connectivity index (χ4n) is 1.04. The minimum absolute atomic E-state index is 0.115. The maximum absolute atomic E-state index is 12.6. The summed E-state index contributed by atoms with van der Waals surface area (Å²) in [5.41, 5.74) is -3.31. The number of carboxylic acid groups (broad SMARTS) is 1. The average molecular weight is 285 g/mol. The van der Waals surface area contributed by atoms with Crippen LogP contribution in [0.4, 0.5) is 18.0 Å². The van der Waals surface area contributed by atoms with E-state index in [1.165, 1.54) is 5.32 Å². The summed E-state index contributed by atoms with van der Waals surface area (Å²) in [7, 11) is 1.77. The summed E-state index contributed by atoms with van der Waals surface area (Å²) in [5, 5.41) is 12.2. The molecule has 0 saturated carbocycles. The van der Waals surface area contributed by atoms with Gasteiger partial charge in [0.1, 0.15) is 0 Å². The van der Waals surface area contributed by atoms with E-state index in [1.807, 2.05) is 11.8 Å². The molecule has 0 aromatic carbocycles. The first-order chi connectivity index (χ1) is 8.54. The summed E-state index contributed by atoms with van der Waals surface area (Å²) in [6.07, 6.45) is -5.09. The van der Waals surface area contributed by atoms with Gasteiger partial charge in [0.15, 0.2) is 0 Å². The lowest BCUT2D eigenvalue weighted by atomic mass is 10.0. The SMILES string of the molecule is CCN(C)CCNC(=O)NC(C)(C(=O)O)C(F)(F)F. The first-order valence-electron chi connectivity index (χ1n) is 5.59. The highest BCUT2D eigenvalue weighted by Crippen LogP contribution is 2.30. The lowest BCUT2D eigenvalue weighted by Gasteiger charge is -2.28. The van der Waals surface area contributed by atoms with Crippen molar-refractivity contribution in [1.82, 2.24) is 15.5 Å². The van der Waals surface area contributed by atoms with Gasteiger partial charge in [0.2, 0.25) is 5.54 Å². The van der Waals surface area contributed by atoms with Crippen LogP contribution >= 0.6 is 0 Å². The van der Waals surface area contributed by atoms with Crippen LogP contribution in [0.1, 0.15) is 13.8 Å². The number of carbonyl (C=O) groups excluding carboxylic acids is 1. The minimum atomic E-state index is -5.09. The molecule has 0 saturated heterocycles. The number of halogens is 3. The van der Waals surface area contributed by atoms with Crippen molar-refractivity contribution in [2.24, 2.45) is 0 Å². The van der Waals surface area contributed by atoms with Gasteiger partial charge in [0, 0.05) is 13.1 Å². The summed E-state index contributed by atoms with van der Waals surface area (Å²) in [4.78, 5) is 23.8. The maximum atomic E-state index is 12.6. The van der Waals surface area contributed by atoms with Crippen LogP contribution in [0.25, 0.3) is 0 Å². The molecule has 9 heteroatoms. The number of carbonyl (C=O) groups is 2. The third-order valence-electron chi connectivity index (χ3n) is 2.68. The van der Waals surface area contributed by atoms with Gasteiger partial charge in [-0.2, -0.15) is 13.2 Å². The van der Waals surface area contributed by atoms with Crippen molar-refractivity contribution in [2.45, 2.75) is 25.6 Å². The zero-order valence-electron chi connectivity index (χ0n) is 11.0. The van der Waals surface area contributed by atoms with Crippen molar-refractivity contribution in [1.29, 1.82) is 0 Å². The van der Waals surface area contributed by atoms with Crippen LogP contribution in [0.5, 0.6) is 0 Å². The van der Waals surface area contributed by atoms with Crippen LogP contribution in [-0.2, 0) is 4.79 Å². The molecular weight excluding hydrogens is 267 g/mol. The second kappa shape index (κ2) is 6.60. The van der Waals surface area contributed by atoms with Gasteiger partial charge in [-0.05, 0) is 20.5 Å². The van der Waals surface area contributed by atoms with Crippen LogP contribution in [0, 0.1) is 0 Å². The van der Waals surface area contributed by atoms with Gasteiger partial charge in [0.05, 0.1) is 0 Å². The van der Waals surface area contributed by atoms with Crippen LogP contribution in [0.15, 0.2) is 0 Å². The molecule has 0 aromatic heterocycles. The van der Waals surface area contributed by atoms with E-state index in [0.717, 1.165) is 6.54 Å². The Morgan fingerprint density at radius 3 is 2.21 bits per heavy atom. The fraction of sp³-hybridized carbons (Fsp3) is 0.800. The van der Waals surface area contributed by atoms with Crippen molar-refractivity contribution >= 4 is 12.0 Å². The van der Waals surface area contributed by atoms with Gasteiger partial charge in [-0.3, -0.25) is 0 Å². The zero-order chi connectivity index (χ0) is 15.3. The smallest absolute Gasteiger partial charge is 0.422 e. The summed E-state index contributed by atoms with van der Waals surface area (Å²) in [5.74, 6) is -2.17. The molecule has 0 aromatic rings. The Hall–Kier alpha value is -1.51. The van der Waals surface area contributed by atoms with Gasteiger partial charge >= 0.3 is 18.2 Å². The average Bonchev–Trinajstić information content (AvgIpc) is 2.26. The Morgan fingerprint density at radius 1 is 1.32 bits per heavy atom. The van der Waals surface area contributed by atoms with Gasteiger partial charge in [-0.15, -0.1) is 0 Å². The number of amides is 2. The fourth-order valence-corrected chi connectivity index (χ4v) is 1.04. The predicted molar refractivity (Wildman–Crippen MR) is 61.8 cm³/mol. The zero-order valence-corrected chi connectivity index (χ0v) is 11.0. The first kappa shape index (κ1) is 17.5. The molecule has 0 aliphatic rings. The van der Waals surface area contributed by atoms with E-state index >= 15 is 0 Å². The molecule has 19 heavy (non-hydrogen) atoms. The van der Waals surface area contributed by atoms with Crippen LogP contribution in [0.2, 0.25) is 0 Å². The predicted octanol–water partition coefficient (Wildman–Crippen LogP) is 0.643. The Bertz CT molecular complexity index is 336. The van der Waals surface area contributed by atoms with Crippen molar-refractivity contribution in [3.8, 4) is 0 Å². The quantitative estimate of drug-likeness (QED) is 0.669. The highest BCUT2D eigenvalue weighted by molar-refractivity contribution is 5.86. The number of aliphatic carboxylic acids is 1. The number of carboxylic acids is 1. The standard InChI is InChI=1S/C10H18F3N3O3/c1-4-16(3)6-5-14-8(19)15-9(2,7(17)18)10(11,12)13/h4-6H2,1-3H3,(H,17,18)(H2,14,15,19). The molecule has 0 heterocycles. The molecule has 112 valence electrons. The molecule has 0 radical (unpaired) electrons. The molecule has 3 N–H and O–H groups in total. The number of rotatable bonds is 6. The summed E-state index contributed by atoms with van der Waals surface area (Å²) >= 11 is 0. The minimum Gasteiger partial charge on any atom is -0.479 e. The Labute approximate surface area is 108 Å². The molecule has 6 nitrogen and oxygen atoms in total. The summed E-state index contributed by atoms with van der Waals surface area (Å²) in [6, 6.07) is -1.17. The first-order valence-corrected chi connectivity index (χ1v) is 5.59. The second-order valence-electron chi connectivity index (χ2n) is 4.20. The Kier molecular flexibility index (Phi) is 6.07. The van der Waals surface area contributed by atoms with E-state index < -0.39 is 23.7 Å². The maximum Gasteiger partial charge on any atom is 0.422 e. The lowest BCUT2D eigenvalue weighted by Crippen LogP contribution is -2.63. The van der Waals surface area contributed by atoms with E-state index in [2.05, 4.69) is 5.32 Å². The number of nitrogens with one attached hydrogen (secondary N) is 2. The molecule has 0 fully saturated rings. The molecule has 0 spiro atoms. The van der Waals surface area contributed by atoms with Crippen LogP contribution in [0.3, 0.4) is 0 Å². The molecular formula is C10H18F3N3O3. The number of nitrogens with zero attached hydrogens (tertiary/aromatic N) is 1. The van der Waals surface area contributed by atoms with E-state index in [4.69, 9.17) is 5.11 Å². The number of urea groups is 1. The van der Waals surface area contributed by atoms with Crippen molar-refractivity contribution in [3.63, 3.8) is 0 Å². The molecule has 0 aliphatic carbocycles. The van der Waals surface area contributed by atoms with E-state index in [9.17, 15) is 22.8 Å². The highest BCUT2D eigenvalue weighted by atomic mass is 19.4. The van der Waals surface area contributed by atoms with Gasteiger partial charge in [-0.25, -0.2) is 9.59 Å². The monoisotopic (exact) mass is 285 g/mol. The highest BCUT2D eigenvalue weighted by Gasteiger charge is 2.58. The number of alkyl halides is 3. The van der Waals surface area contributed by atoms with E-state index in [0.29, 0.717) is 13.5 Å². The summed E-state index contributed by atoms with van der Waals surface area (Å²) < 4.78 is 37.8. The van der Waals surface area contributed by atoms with E-state index in [-0.39, 0.29) is 6.54 Å². The van der Waals surface area contributed by atoms with Gasteiger partial charge in [-0.1, -0.05) is 6.92 Å².